The first-order valence-corrected chi connectivity index (χ1v) is 21.2. The van der Waals surface area contributed by atoms with Crippen molar-refractivity contribution in [1.82, 2.24) is 10.6 Å². The topological polar surface area (TPSA) is 125 Å². The van der Waals surface area contributed by atoms with Crippen LogP contribution in [0.1, 0.15) is 95.1 Å². The fraction of sp³-hybridized carbons (Fsp3) is 0.312. The number of amides is 1. The monoisotopic (exact) mass is 885 g/mol. The molecule has 0 spiro atoms. The number of aliphatic hydroxyl groups is 1. The Kier molecular flexibility index (Phi) is 10.7. The molecule has 0 radical (unpaired) electrons. The molecule has 1 fully saturated rings. The minimum Gasteiger partial charge on any atom is -0.511 e. The second kappa shape index (κ2) is 15.8. The Morgan fingerprint density at radius 2 is 1.55 bits per heavy atom. The Morgan fingerprint density at radius 3 is 2.24 bits per heavy atom. The number of rotatable bonds is 9. The maximum atomic E-state index is 13.4. The summed E-state index contributed by atoms with van der Waals surface area (Å²) in [6, 6.07) is 15.9. The van der Waals surface area contributed by atoms with Gasteiger partial charge in [0.15, 0.2) is 0 Å². The molecule has 10 heteroatoms. The van der Waals surface area contributed by atoms with Crippen molar-refractivity contribution in [3.05, 3.63) is 154 Å². The van der Waals surface area contributed by atoms with Gasteiger partial charge in [0.25, 0.3) is 5.91 Å². The number of aliphatic hydroxyl groups excluding tert-OH is 1. The van der Waals surface area contributed by atoms with Gasteiger partial charge in [-0.25, -0.2) is 15.0 Å². The molecule has 9 nitrogen and oxygen atoms in total. The summed E-state index contributed by atoms with van der Waals surface area (Å²) in [7, 11) is 1.42. The molecule has 2 atom stereocenters. The van der Waals surface area contributed by atoms with Crippen LogP contribution in [0, 0.1) is 15.4 Å². The van der Waals surface area contributed by atoms with Gasteiger partial charge in [-0.3, -0.25) is 9.59 Å². The van der Waals surface area contributed by atoms with Crippen molar-refractivity contribution in [2.45, 2.75) is 80.2 Å². The van der Waals surface area contributed by atoms with E-state index in [1.165, 1.54) is 7.11 Å². The molecule has 0 saturated carbocycles. The highest BCUT2D eigenvalue weighted by Crippen LogP contribution is 2.48. The van der Waals surface area contributed by atoms with Crippen LogP contribution in [-0.2, 0) is 16.1 Å². The second-order valence-corrected chi connectivity index (χ2v) is 16.8. The number of ether oxygens (including phenoxy) is 1. The van der Waals surface area contributed by atoms with E-state index in [0.717, 1.165) is 118 Å². The highest BCUT2D eigenvalue weighted by Gasteiger charge is 2.43. The number of benzene rings is 2. The fourth-order valence-corrected chi connectivity index (χ4v) is 9.47. The zero-order chi connectivity index (χ0) is 41.0. The molecule has 3 N–H and O–H groups in total. The van der Waals surface area contributed by atoms with E-state index in [4.69, 9.17) is 19.7 Å². The minimum absolute atomic E-state index is 0.0788. The Morgan fingerprint density at radius 1 is 0.862 bits per heavy atom. The van der Waals surface area contributed by atoms with E-state index in [0.29, 0.717) is 30.7 Å². The molecule has 8 rings (SSSR count). The molecule has 5 aliphatic heterocycles. The lowest BCUT2D eigenvalue weighted by Gasteiger charge is -2.19. The molecule has 1 aliphatic carbocycles. The lowest BCUT2D eigenvalue weighted by Crippen LogP contribution is -2.22. The number of esters is 1. The molecule has 6 aliphatic rings. The van der Waals surface area contributed by atoms with E-state index in [2.05, 4.69) is 80.0 Å². The summed E-state index contributed by atoms with van der Waals surface area (Å²) in [6.45, 7) is 13.2. The zero-order valence-electron chi connectivity index (χ0n) is 34.1. The van der Waals surface area contributed by atoms with Crippen LogP contribution in [0.2, 0.25) is 0 Å². The van der Waals surface area contributed by atoms with Gasteiger partial charge in [0.2, 0.25) is 0 Å². The summed E-state index contributed by atoms with van der Waals surface area (Å²) in [5, 5.41) is 18.5. The number of carbonyl (C=O) groups excluding carboxylic acids is 2. The Bertz CT molecular complexity index is 2530. The van der Waals surface area contributed by atoms with Crippen molar-refractivity contribution in [2.75, 3.05) is 7.11 Å². The lowest BCUT2D eigenvalue weighted by atomic mass is 9.83. The van der Waals surface area contributed by atoms with Crippen molar-refractivity contribution in [2.24, 2.45) is 26.8 Å². The first-order valence-electron chi connectivity index (χ1n) is 20.1. The van der Waals surface area contributed by atoms with Crippen molar-refractivity contribution in [3.8, 4) is 0 Å². The van der Waals surface area contributed by atoms with Crippen LogP contribution < -0.4 is 10.6 Å². The van der Waals surface area contributed by atoms with Crippen LogP contribution in [0.5, 0.6) is 0 Å². The van der Waals surface area contributed by atoms with Crippen LogP contribution >= 0.6 is 22.6 Å². The Balaban J connectivity index is 1.32. The molecule has 1 amide bonds. The lowest BCUT2D eigenvalue weighted by molar-refractivity contribution is -0.140. The van der Waals surface area contributed by atoms with Crippen LogP contribution in [0.4, 0.5) is 0 Å². The van der Waals surface area contributed by atoms with E-state index in [-0.39, 0.29) is 30.1 Å². The van der Waals surface area contributed by atoms with Gasteiger partial charge >= 0.3 is 5.97 Å². The van der Waals surface area contributed by atoms with E-state index < -0.39 is 0 Å². The van der Waals surface area contributed by atoms with Crippen molar-refractivity contribution < 1.29 is 19.4 Å². The standard InChI is InChI=1S/C48H48IN5O4/c1-8-32-24(3)36-21-39-33(9-2)25(4)44(53-39)43(29-12-14-30(15-13-29)48(57)50-23-28-10-16-31(49)17-11-28)45-26(5)34(18-19-41(56)58-7)46(54-45)35-20-40(55)42-27(6)37(52-47(35)42)22-38(32)51-36/h10-17,21-22,26,34,54-55H,8-9,18-20,23H2,1-7H3,(H,50,57)/t26-,34-/m0/s1. The molecule has 0 aromatic heterocycles. The van der Waals surface area contributed by atoms with Crippen molar-refractivity contribution >= 4 is 57.2 Å². The van der Waals surface area contributed by atoms with Gasteiger partial charge in [-0.1, -0.05) is 45.0 Å². The van der Waals surface area contributed by atoms with E-state index in [1.54, 1.807) is 0 Å². The SMILES string of the molecule is CCC1=C(C)C2=NC1=CC1=C(C)C3=C(O)CC(=C4NC(=C(c5ccc(C(=O)NCc6ccc(I)cc6)cc5)C5=NC(=C2)C(CC)=C5C)[C@@H](C)[C@@H]4CCC(=O)OC)C3=N1. The van der Waals surface area contributed by atoms with E-state index in [9.17, 15) is 14.7 Å². The predicted molar refractivity (Wildman–Crippen MR) is 239 cm³/mol. The molecule has 1 saturated heterocycles. The average Bonchev–Trinajstić information content (AvgIpc) is 3.98. The van der Waals surface area contributed by atoms with Crippen LogP contribution in [0.15, 0.2) is 149 Å². The van der Waals surface area contributed by atoms with E-state index >= 15 is 0 Å². The highest BCUT2D eigenvalue weighted by atomic mass is 127. The number of carbonyl (C=O) groups is 2. The number of fused-ring (bicyclic) bond motifs is 5. The number of nitrogens with zero attached hydrogens (tertiary/aromatic N) is 3. The van der Waals surface area contributed by atoms with Gasteiger partial charge in [0.05, 0.1) is 41.3 Å². The zero-order valence-corrected chi connectivity index (χ0v) is 36.2. The summed E-state index contributed by atoms with van der Waals surface area (Å²) < 4.78 is 6.26. The summed E-state index contributed by atoms with van der Waals surface area (Å²) in [5.41, 5.74) is 17.5. The molecule has 5 heterocycles. The van der Waals surface area contributed by atoms with Crippen LogP contribution in [0.25, 0.3) is 5.57 Å². The third-order valence-corrected chi connectivity index (χ3v) is 13.1. The third-order valence-electron chi connectivity index (χ3n) is 12.4. The van der Waals surface area contributed by atoms with Gasteiger partial charge in [-0.2, -0.15) is 0 Å². The minimum atomic E-state index is -0.270. The fourth-order valence-electron chi connectivity index (χ4n) is 9.11. The number of hydrogen-bond acceptors (Lipinski definition) is 8. The average molecular weight is 886 g/mol. The summed E-state index contributed by atoms with van der Waals surface area (Å²) in [6.07, 6.45) is 6.88. The largest absolute Gasteiger partial charge is 0.511 e. The normalized spacial score (nSPS) is 21.1. The third kappa shape index (κ3) is 6.88. The predicted octanol–water partition coefficient (Wildman–Crippen LogP) is 10.1. The molecule has 8 bridgehead atoms. The Labute approximate surface area is 353 Å². The van der Waals surface area contributed by atoms with Gasteiger partial charge < -0.3 is 20.5 Å². The maximum Gasteiger partial charge on any atom is 0.305 e. The second-order valence-electron chi connectivity index (χ2n) is 15.6. The smallest absolute Gasteiger partial charge is 0.305 e. The van der Waals surface area contributed by atoms with Gasteiger partial charge in [0, 0.05) is 68.5 Å². The number of methoxy groups -OCH3 is 1. The van der Waals surface area contributed by atoms with Gasteiger partial charge in [-0.15, -0.1) is 0 Å². The van der Waals surface area contributed by atoms with E-state index in [1.807, 2.05) is 55.5 Å². The summed E-state index contributed by atoms with van der Waals surface area (Å²) >= 11 is 2.27. The number of halogens is 1. The quantitative estimate of drug-likeness (QED) is 0.171. The molecule has 58 heavy (non-hydrogen) atoms. The molecule has 296 valence electrons. The molecule has 2 aromatic carbocycles. The molecule has 0 unspecified atom stereocenters. The van der Waals surface area contributed by atoms with Crippen molar-refractivity contribution in [3.63, 3.8) is 0 Å². The number of aliphatic imine (C=N–C) groups is 3. The van der Waals surface area contributed by atoms with Gasteiger partial charge in [-0.05, 0) is 138 Å². The maximum absolute atomic E-state index is 13.4. The van der Waals surface area contributed by atoms with Crippen molar-refractivity contribution in [1.29, 1.82) is 0 Å². The van der Waals surface area contributed by atoms with Gasteiger partial charge in [0.1, 0.15) is 5.76 Å². The number of nitrogens with one attached hydrogen (secondary N) is 2. The first kappa shape index (κ1) is 39.5. The van der Waals surface area contributed by atoms with Crippen LogP contribution in [-0.4, -0.2) is 41.2 Å². The molecule has 2 aromatic rings. The summed E-state index contributed by atoms with van der Waals surface area (Å²) in [4.78, 5) is 41.9. The number of allylic oxidation sites excluding steroid dienone is 12. The molecular formula is C48H48IN5O4. The highest BCUT2D eigenvalue weighted by molar-refractivity contribution is 14.1. The Hall–Kier alpha value is -5.36. The molecular weight excluding hydrogens is 837 g/mol. The van der Waals surface area contributed by atoms with Crippen LogP contribution in [0.3, 0.4) is 0 Å². The number of hydrogen-bond donors (Lipinski definition) is 3. The first-order chi connectivity index (χ1) is 27.9. The summed E-state index contributed by atoms with van der Waals surface area (Å²) in [5.74, 6) is -0.315.